The highest BCUT2D eigenvalue weighted by Crippen LogP contribution is 2.62. The third-order valence-electron chi connectivity index (χ3n) is 9.69. The minimum Gasteiger partial charge on any atom is -0.490 e. The van der Waals surface area contributed by atoms with Crippen molar-refractivity contribution >= 4 is 23.4 Å². The molecular formula is C38H55ClN2O8. The number of oxime groups is 1. The average Bonchev–Trinajstić information content (AvgIpc) is 3.11. The monoisotopic (exact) mass is 702 g/mol. The first-order valence-corrected chi connectivity index (χ1v) is 18.4. The van der Waals surface area contributed by atoms with Gasteiger partial charge in [0.25, 0.3) is 0 Å². The first-order chi connectivity index (χ1) is 23.9. The molecule has 1 aromatic carbocycles. The van der Waals surface area contributed by atoms with Crippen molar-refractivity contribution in [1.29, 1.82) is 0 Å². The molecule has 0 bridgehead atoms. The second-order valence-corrected chi connectivity index (χ2v) is 13.2. The van der Waals surface area contributed by atoms with Crippen molar-refractivity contribution in [2.45, 2.75) is 83.0 Å². The second-order valence-electron chi connectivity index (χ2n) is 12.8. The van der Waals surface area contributed by atoms with E-state index in [9.17, 15) is 15.0 Å². The van der Waals surface area contributed by atoms with Crippen LogP contribution in [-0.2, 0) is 14.3 Å². The Labute approximate surface area is 296 Å². The molecular weight excluding hydrogens is 648 g/mol. The van der Waals surface area contributed by atoms with E-state index in [2.05, 4.69) is 25.3 Å². The number of hydrogen-bond donors (Lipinski definition) is 2. The Kier molecular flexibility index (Phi) is 15.3. The highest BCUT2D eigenvalue weighted by molar-refractivity contribution is 6.18. The molecule has 10 nitrogen and oxygen atoms in total. The topological polar surface area (TPSA) is 119 Å². The normalized spacial score (nSPS) is 26.1. The molecule has 1 aliphatic heterocycles. The van der Waals surface area contributed by atoms with E-state index in [1.807, 2.05) is 26.0 Å². The molecule has 49 heavy (non-hydrogen) atoms. The van der Waals surface area contributed by atoms with Crippen molar-refractivity contribution < 1.29 is 38.8 Å². The molecule has 272 valence electrons. The van der Waals surface area contributed by atoms with Gasteiger partial charge in [-0.2, -0.15) is 0 Å². The molecule has 2 N–H and O–H groups in total. The molecule has 1 heterocycles. The predicted molar refractivity (Wildman–Crippen MR) is 191 cm³/mol. The molecule has 3 aliphatic rings. The molecule has 1 saturated carbocycles. The lowest BCUT2D eigenvalue weighted by Gasteiger charge is -2.59. The van der Waals surface area contributed by atoms with Crippen LogP contribution < -0.4 is 9.47 Å². The molecule has 6 unspecified atom stereocenters. The maximum absolute atomic E-state index is 13.8. The van der Waals surface area contributed by atoms with E-state index in [0.717, 1.165) is 42.5 Å². The van der Waals surface area contributed by atoms with E-state index in [0.29, 0.717) is 56.9 Å². The Morgan fingerprint density at radius 2 is 1.88 bits per heavy atom. The zero-order valence-corrected chi connectivity index (χ0v) is 30.0. The van der Waals surface area contributed by atoms with Crippen molar-refractivity contribution in [1.82, 2.24) is 4.90 Å². The molecule has 11 heteroatoms. The van der Waals surface area contributed by atoms with Crippen LogP contribution in [0.3, 0.4) is 0 Å². The minimum atomic E-state index is -1.33. The molecule has 1 amide bonds. The van der Waals surface area contributed by atoms with E-state index in [4.69, 9.17) is 40.5 Å². The number of hydrogen-bond acceptors (Lipinski definition) is 9. The van der Waals surface area contributed by atoms with Crippen LogP contribution in [-0.4, -0.2) is 90.8 Å². The number of rotatable bonds is 21. The van der Waals surface area contributed by atoms with Crippen LogP contribution in [0.2, 0.25) is 0 Å². The Bertz CT molecular complexity index is 1300. The van der Waals surface area contributed by atoms with Crippen molar-refractivity contribution in [3.05, 3.63) is 60.7 Å². The lowest BCUT2D eigenvalue weighted by atomic mass is 9.55. The van der Waals surface area contributed by atoms with Crippen LogP contribution in [0.15, 0.2) is 60.3 Å². The van der Waals surface area contributed by atoms with Gasteiger partial charge >= 0.3 is 6.09 Å². The lowest BCUT2D eigenvalue weighted by molar-refractivity contribution is -0.255. The summed E-state index contributed by atoms with van der Waals surface area (Å²) in [4.78, 5) is 21.3. The van der Waals surface area contributed by atoms with E-state index in [-0.39, 0.29) is 56.0 Å². The largest absolute Gasteiger partial charge is 0.490 e. The SMILES string of the molecule is C=CCOc1ccc2c(c1)C1C(CCCCO)C(CCCCO)C=C3C(=NOCC)CC(N(CCC)C(=O)OCCCl)C(OCC=C)(O2)C31. The van der Waals surface area contributed by atoms with E-state index >= 15 is 0 Å². The highest BCUT2D eigenvalue weighted by Gasteiger charge is 2.65. The van der Waals surface area contributed by atoms with Crippen LogP contribution >= 0.6 is 11.6 Å². The van der Waals surface area contributed by atoms with Crippen LogP contribution in [0.4, 0.5) is 4.79 Å². The molecule has 0 radical (unpaired) electrons. The van der Waals surface area contributed by atoms with Crippen molar-refractivity contribution in [3.8, 4) is 11.5 Å². The number of carbonyl (C=O) groups excluding carboxylic acids is 1. The third-order valence-corrected chi connectivity index (χ3v) is 9.85. The van der Waals surface area contributed by atoms with Gasteiger partial charge in [-0.05, 0) is 74.6 Å². The van der Waals surface area contributed by atoms with Gasteiger partial charge in [0.2, 0.25) is 5.79 Å². The molecule has 1 fully saturated rings. The smallest absolute Gasteiger partial charge is 0.410 e. The van der Waals surface area contributed by atoms with Gasteiger partial charge in [-0.3, -0.25) is 4.90 Å². The van der Waals surface area contributed by atoms with E-state index < -0.39 is 17.9 Å². The molecule has 6 atom stereocenters. The van der Waals surface area contributed by atoms with E-state index in [1.165, 1.54) is 0 Å². The number of fused-ring (bicyclic) bond motifs is 2. The van der Waals surface area contributed by atoms with Crippen LogP contribution in [0.25, 0.3) is 0 Å². The fourth-order valence-corrected chi connectivity index (χ4v) is 7.94. The number of amides is 1. The van der Waals surface area contributed by atoms with Gasteiger partial charge in [0.1, 0.15) is 37.4 Å². The van der Waals surface area contributed by atoms with Gasteiger partial charge < -0.3 is 34.0 Å². The Morgan fingerprint density at radius 3 is 2.55 bits per heavy atom. The fraction of sp³-hybridized carbons (Fsp3) is 0.632. The third kappa shape index (κ3) is 8.82. The van der Waals surface area contributed by atoms with Gasteiger partial charge in [-0.25, -0.2) is 4.79 Å². The molecule has 4 rings (SSSR count). The predicted octanol–water partition coefficient (Wildman–Crippen LogP) is 6.99. The summed E-state index contributed by atoms with van der Waals surface area (Å²) in [6, 6.07) is 5.26. The van der Waals surface area contributed by atoms with Crippen molar-refractivity contribution in [2.24, 2.45) is 22.9 Å². The lowest BCUT2D eigenvalue weighted by Crippen LogP contribution is -2.70. The number of alkyl halides is 1. The van der Waals surface area contributed by atoms with Gasteiger partial charge in [0, 0.05) is 37.7 Å². The number of benzene rings is 1. The summed E-state index contributed by atoms with van der Waals surface area (Å²) in [6.45, 7) is 13.3. The summed E-state index contributed by atoms with van der Waals surface area (Å²) in [7, 11) is 0. The number of nitrogens with zero attached hydrogens (tertiary/aromatic N) is 2. The molecule has 2 aliphatic carbocycles. The number of halogens is 1. The minimum absolute atomic E-state index is 0.0740. The Morgan fingerprint density at radius 1 is 1.12 bits per heavy atom. The second kappa shape index (κ2) is 19.4. The van der Waals surface area contributed by atoms with E-state index in [1.54, 1.807) is 17.1 Å². The van der Waals surface area contributed by atoms with Crippen molar-refractivity contribution in [3.63, 3.8) is 0 Å². The maximum atomic E-state index is 13.8. The zero-order valence-electron chi connectivity index (χ0n) is 29.2. The molecule has 0 aromatic heterocycles. The summed E-state index contributed by atoms with van der Waals surface area (Å²) in [6.07, 6.45) is 11.1. The van der Waals surface area contributed by atoms with Crippen LogP contribution in [0, 0.1) is 17.8 Å². The van der Waals surface area contributed by atoms with Crippen LogP contribution in [0.1, 0.15) is 76.7 Å². The number of ether oxygens (including phenoxy) is 4. The molecule has 1 aromatic rings. The van der Waals surface area contributed by atoms with Gasteiger partial charge in [-0.15, -0.1) is 18.2 Å². The summed E-state index contributed by atoms with van der Waals surface area (Å²) in [5, 5.41) is 24.2. The number of aliphatic hydroxyl groups is 2. The number of unbranched alkanes of at least 4 members (excludes halogenated alkanes) is 2. The number of allylic oxidation sites excluding steroid dienone is 1. The Hall–Kier alpha value is -3.05. The summed E-state index contributed by atoms with van der Waals surface area (Å²) in [5.41, 5.74) is 2.73. The first kappa shape index (κ1) is 38.7. The summed E-state index contributed by atoms with van der Waals surface area (Å²) in [5.74, 6) is -0.0275. The van der Waals surface area contributed by atoms with Gasteiger partial charge in [-0.1, -0.05) is 49.7 Å². The Balaban J connectivity index is 2.03. The standard InChI is InChI=1S/C38H55ClN2O8/c1-5-18-41(37(44)46-23-17-39)34-26-32(40-48-8-4)30-24-27(13-9-11-19-42)29(14-10-12-20-43)35-31-25-28(45-21-6-2)15-16-33(31)49-38(34,36(30)35)47-22-7-3/h6-7,15-16,24-25,27,29,34-36,42-43H,2-3,5,8-14,17-23,26H2,1,4H3. The van der Waals surface area contributed by atoms with Gasteiger partial charge in [0.15, 0.2) is 0 Å². The molecule has 0 saturated heterocycles. The van der Waals surface area contributed by atoms with Crippen molar-refractivity contribution in [2.75, 3.05) is 52.1 Å². The maximum Gasteiger partial charge on any atom is 0.410 e. The average molecular weight is 703 g/mol. The quantitative estimate of drug-likeness (QED) is 0.0609. The first-order valence-electron chi connectivity index (χ1n) is 17.9. The number of carbonyl (C=O) groups is 1. The summed E-state index contributed by atoms with van der Waals surface area (Å²) >= 11 is 5.95. The number of aliphatic hydroxyl groups excluding tert-OH is 2. The fourth-order valence-electron chi connectivity index (χ4n) is 7.86. The van der Waals surface area contributed by atoms with Gasteiger partial charge in [0.05, 0.1) is 24.1 Å². The van der Waals surface area contributed by atoms with Crippen LogP contribution in [0.5, 0.6) is 11.5 Å². The molecule has 0 spiro atoms. The zero-order chi connectivity index (χ0) is 35.2. The highest BCUT2D eigenvalue weighted by atomic mass is 35.5. The summed E-state index contributed by atoms with van der Waals surface area (Å²) < 4.78 is 25.7.